The highest BCUT2D eigenvalue weighted by Gasteiger charge is 2.30. The molecule has 1 saturated heterocycles. The normalized spacial score (nSPS) is 15.2. The maximum absolute atomic E-state index is 12.9. The molecule has 7 nitrogen and oxygen atoms in total. The maximum Gasteiger partial charge on any atom is 0.343 e. The molecule has 178 valence electrons. The molecule has 1 amide bonds. The van der Waals surface area contributed by atoms with E-state index in [0.29, 0.717) is 25.3 Å². The second kappa shape index (κ2) is 10.8. The molecular weight excluding hydrogens is 452 g/mol. The molecule has 0 aliphatic carbocycles. The van der Waals surface area contributed by atoms with Crippen molar-refractivity contribution in [3.63, 3.8) is 0 Å². The van der Waals surface area contributed by atoms with Crippen LogP contribution < -0.4 is 0 Å². The van der Waals surface area contributed by atoms with Crippen molar-refractivity contribution < 1.29 is 14.3 Å². The molecule has 1 aliphatic heterocycles. The first-order valence-corrected chi connectivity index (χ1v) is 11.8. The summed E-state index contributed by atoms with van der Waals surface area (Å²) < 4.78 is 7.09. The molecule has 1 aromatic heterocycles. The van der Waals surface area contributed by atoms with Crippen molar-refractivity contribution in [2.75, 3.05) is 26.2 Å². The van der Waals surface area contributed by atoms with Crippen LogP contribution in [0.2, 0.25) is 5.15 Å². The summed E-state index contributed by atoms with van der Waals surface area (Å²) in [5.41, 5.74) is 2.94. The Morgan fingerprint density at radius 3 is 2.09 bits per heavy atom. The van der Waals surface area contributed by atoms with Crippen LogP contribution in [0.3, 0.4) is 0 Å². The topological polar surface area (TPSA) is 67.7 Å². The molecule has 2 heterocycles. The Kier molecular flexibility index (Phi) is 7.65. The highest BCUT2D eigenvalue weighted by atomic mass is 35.5. The van der Waals surface area contributed by atoms with Gasteiger partial charge in [0.1, 0.15) is 10.7 Å². The van der Waals surface area contributed by atoms with Crippen LogP contribution in [0.5, 0.6) is 0 Å². The monoisotopic (exact) mass is 480 g/mol. The molecule has 0 N–H and O–H groups in total. The Bertz CT molecular complexity index is 1130. The van der Waals surface area contributed by atoms with Gasteiger partial charge in [-0.1, -0.05) is 72.3 Å². The molecule has 1 fully saturated rings. The minimum atomic E-state index is -0.902. The molecule has 8 heteroatoms. The number of carbonyl (C=O) groups is 2. The van der Waals surface area contributed by atoms with Crippen LogP contribution in [0.4, 0.5) is 0 Å². The number of ether oxygens (including phenoxy) is 1. The second-order valence-corrected chi connectivity index (χ2v) is 8.89. The smallest absolute Gasteiger partial charge is 0.343 e. The van der Waals surface area contributed by atoms with Crippen LogP contribution in [-0.2, 0) is 22.6 Å². The molecule has 2 aromatic carbocycles. The summed E-state index contributed by atoms with van der Waals surface area (Å²) in [6, 6.07) is 20.0. The summed E-state index contributed by atoms with van der Waals surface area (Å²) in [7, 11) is 0. The lowest BCUT2D eigenvalue weighted by atomic mass is 10.2. The summed E-state index contributed by atoms with van der Waals surface area (Å²) >= 11 is 6.47. The molecule has 1 aliphatic rings. The third-order valence-electron chi connectivity index (χ3n) is 6.01. The Labute approximate surface area is 204 Å². The molecule has 0 bridgehead atoms. The molecule has 0 radical (unpaired) electrons. The van der Waals surface area contributed by atoms with Crippen molar-refractivity contribution in [2.24, 2.45) is 0 Å². The van der Waals surface area contributed by atoms with Crippen molar-refractivity contribution in [3.05, 3.63) is 88.2 Å². The van der Waals surface area contributed by atoms with E-state index in [0.717, 1.165) is 25.2 Å². The Hall–Kier alpha value is -3.16. The number of carbonyl (C=O) groups excluding carboxylic acids is 2. The standard InChI is InChI=1S/C26H29ClN4O3/c1-19-23(24(27)31(28-19)18-22-11-7-4-8-12-22)26(33)34-20(2)25(32)30-15-13-29(14-16-30)17-21-9-5-3-6-10-21/h3-12,20H,13-18H2,1-2H3. The van der Waals surface area contributed by atoms with Gasteiger partial charge in [0.2, 0.25) is 0 Å². The van der Waals surface area contributed by atoms with Gasteiger partial charge in [0.05, 0.1) is 12.2 Å². The van der Waals surface area contributed by atoms with Gasteiger partial charge in [0, 0.05) is 32.7 Å². The highest BCUT2D eigenvalue weighted by molar-refractivity contribution is 6.32. The van der Waals surface area contributed by atoms with E-state index in [1.165, 1.54) is 5.56 Å². The zero-order valence-electron chi connectivity index (χ0n) is 19.5. The molecule has 1 atom stereocenters. The predicted octanol–water partition coefficient (Wildman–Crippen LogP) is 3.78. The Balaban J connectivity index is 1.32. The van der Waals surface area contributed by atoms with Crippen molar-refractivity contribution >= 4 is 23.5 Å². The van der Waals surface area contributed by atoms with Crippen LogP contribution in [0.15, 0.2) is 60.7 Å². The third kappa shape index (κ3) is 5.66. The van der Waals surface area contributed by atoms with E-state index < -0.39 is 12.1 Å². The Morgan fingerprint density at radius 1 is 0.941 bits per heavy atom. The lowest BCUT2D eigenvalue weighted by Gasteiger charge is -2.35. The first-order chi connectivity index (χ1) is 16.4. The van der Waals surface area contributed by atoms with E-state index in [1.807, 2.05) is 48.5 Å². The van der Waals surface area contributed by atoms with Gasteiger partial charge in [0.15, 0.2) is 6.10 Å². The first kappa shape index (κ1) is 24.0. The van der Waals surface area contributed by atoms with Crippen molar-refractivity contribution in [1.29, 1.82) is 0 Å². The second-order valence-electron chi connectivity index (χ2n) is 8.53. The number of halogens is 1. The van der Waals surface area contributed by atoms with Crippen LogP contribution in [-0.4, -0.2) is 63.7 Å². The van der Waals surface area contributed by atoms with Gasteiger partial charge in [0.25, 0.3) is 5.91 Å². The van der Waals surface area contributed by atoms with Crippen LogP contribution in [0.25, 0.3) is 0 Å². The fourth-order valence-electron chi connectivity index (χ4n) is 4.14. The first-order valence-electron chi connectivity index (χ1n) is 11.4. The largest absolute Gasteiger partial charge is 0.449 e. The number of amides is 1. The van der Waals surface area contributed by atoms with E-state index in [4.69, 9.17) is 16.3 Å². The van der Waals surface area contributed by atoms with Crippen molar-refractivity contribution in [2.45, 2.75) is 33.0 Å². The average Bonchev–Trinajstić information content (AvgIpc) is 3.13. The third-order valence-corrected chi connectivity index (χ3v) is 6.39. The quantitative estimate of drug-likeness (QED) is 0.481. The fourth-order valence-corrected chi connectivity index (χ4v) is 4.45. The minimum absolute atomic E-state index is 0.196. The fraction of sp³-hybridized carbons (Fsp3) is 0.346. The van der Waals surface area contributed by atoms with Crippen LogP contribution >= 0.6 is 11.6 Å². The zero-order chi connectivity index (χ0) is 24.1. The van der Waals surface area contributed by atoms with Crippen molar-refractivity contribution in [1.82, 2.24) is 19.6 Å². The summed E-state index contributed by atoms with van der Waals surface area (Å²) in [6.07, 6.45) is -0.902. The Morgan fingerprint density at radius 2 is 1.50 bits per heavy atom. The number of esters is 1. The number of aryl methyl sites for hydroxylation is 1. The molecule has 1 unspecified atom stereocenters. The van der Waals surface area contributed by atoms with Crippen molar-refractivity contribution in [3.8, 4) is 0 Å². The van der Waals surface area contributed by atoms with E-state index in [1.54, 1.807) is 23.4 Å². The molecule has 0 spiro atoms. The van der Waals surface area contributed by atoms with Gasteiger partial charge in [-0.2, -0.15) is 5.10 Å². The number of hydrogen-bond acceptors (Lipinski definition) is 5. The van der Waals surface area contributed by atoms with Crippen LogP contribution in [0, 0.1) is 6.92 Å². The number of piperazine rings is 1. The van der Waals surface area contributed by atoms with Gasteiger partial charge < -0.3 is 9.64 Å². The molecular formula is C26H29ClN4O3. The predicted molar refractivity (Wildman–Crippen MR) is 131 cm³/mol. The molecule has 4 rings (SSSR count). The SMILES string of the molecule is Cc1nn(Cc2ccccc2)c(Cl)c1C(=O)OC(C)C(=O)N1CCN(Cc2ccccc2)CC1. The van der Waals surface area contributed by atoms with E-state index in [2.05, 4.69) is 22.1 Å². The summed E-state index contributed by atoms with van der Waals surface area (Å²) in [5, 5.41) is 4.60. The van der Waals surface area contributed by atoms with E-state index in [-0.39, 0.29) is 16.6 Å². The van der Waals surface area contributed by atoms with Gasteiger partial charge in [-0.05, 0) is 25.0 Å². The number of aromatic nitrogens is 2. The number of nitrogens with zero attached hydrogens (tertiary/aromatic N) is 4. The maximum atomic E-state index is 12.9. The lowest BCUT2D eigenvalue weighted by Crippen LogP contribution is -2.51. The molecule has 0 saturated carbocycles. The minimum Gasteiger partial charge on any atom is -0.449 e. The van der Waals surface area contributed by atoms with Gasteiger partial charge in [-0.3, -0.25) is 9.69 Å². The van der Waals surface area contributed by atoms with Gasteiger partial charge in [-0.15, -0.1) is 0 Å². The molecule has 34 heavy (non-hydrogen) atoms. The van der Waals surface area contributed by atoms with Gasteiger partial charge in [-0.25, -0.2) is 9.48 Å². The van der Waals surface area contributed by atoms with E-state index in [9.17, 15) is 9.59 Å². The molecule has 3 aromatic rings. The van der Waals surface area contributed by atoms with E-state index >= 15 is 0 Å². The average molecular weight is 481 g/mol. The van der Waals surface area contributed by atoms with Gasteiger partial charge >= 0.3 is 5.97 Å². The summed E-state index contributed by atoms with van der Waals surface area (Å²) in [6.45, 7) is 7.37. The summed E-state index contributed by atoms with van der Waals surface area (Å²) in [5.74, 6) is -0.830. The number of benzene rings is 2. The number of hydrogen-bond donors (Lipinski definition) is 0. The lowest BCUT2D eigenvalue weighted by molar-refractivity contribution is -0.141. The van der Waals surface area contributed by atoms with Crippen LogP contribution in [0.1, 0.15) is 34.1 Å². The highest BCUT2D eigenvalue weighted by Crippen LogP contribution is 2.23. The number of rotatable bonds is 7. The zero-order valence-corrected chi connectivity index (χ0v) is 20.2. The summed E-state index contributed by atoms with van der Waals surface area (Å²) in [4.78, 5) is 29.9.